The molecule has 0 bridgehead atoms. The third kappa shape index (κ3) is 8.62. The predicted molar refractivity (Wildman–Crippen MR) is 136 cm³/mol. The van der Waals surface area contributed by atoms with Crippen LogP contribution in [0.4, 0.5) is 13.2 Å². The highest BCUT2D eigenvalue weighted by atomic mass is 19.4. The van der Waals surface area contributed by atoms with Gasteiger partial charge >= 0.3 is 12.1 Å². The molecule has 0 aromatic heterocycles. The van der Waals surface area contributed by atoms with Gasteiger partial charge in [0.15, 0.2) is 5.78 Å². The topological polar surface area (TPSA) is 139 Å². The van der Waals surface area contributed by atoms with E-state index in [9.17, 15) is 41.9 Å². The second-order valence-electron chi connectivity index (χ2n) is 10.3. The summed E-state index contributed by atoms with van der Waals surface area (Å²) in [7, 11) is 0. The summed E-state index contributed by atoms with van der Waals surface area (Å²) in [6, 6.07) is 3.45. The van der Waals surface area contributed by atoms with E-state index in [1.165, 1.54) is 43.0 Å². The third-order valence-corrected chi connectivity index (χ3v) is 6.65. The maximum Gasteiger partial charge on any atom is 0.450 e. The number of hydrogen-bond acceptors (Lipinski definition) is 7. The predicted octanol–water partition coefficient (Wildman–Crippen LogP) is 2.45. The van der Waals surface area contributed by atoms with E-state index in [0.717, 1.165) is 0 Å². The molecular formula is C27H34F3N3O7. The van der Waals surface area contributed by atoms with Gasteiger partial charge in [-0.3, -0.25) is 24.0 Å². The van der Waals surface area contributed by atoms with Crippen molar-refractivity contribution < 1.29 is 46.7 Å². The van der Waals surface area contributed by atoms with Crippen LogP contribution in [-0.4, -0.2) is 72.0 Å². The molecule has 2 N–H and O–H groups in total. The van der Waals surface area contributed by atoms with E-state index in [4.69, 9.17) is 4.74 Å². The van der Waals surface area contributed by atoms with Gasteiger partial charge in [0.2, 0.25) is 18.1 Å². The van der Waals surface area contributed by atoms with Gasteiger partial charge in [-0.15, -0.1) is 0 Å². The van der Waals surface area contributed by atoms with Crippen molar-refractivity contribution in [2.75, 3.05) is 13.1 Å². The molecule has 1 aromatic carbocycles. The van der Waals surface area contributed by atoms with Crippen LogP contribution in [0.15, 0.2) is 24.3 Å². The molecule has 13 heteroatoms. The van der Waals surface area contributed by atoms with E-state index in [-0.39, 0.29) is 30.8 Å². The van der Waals surface area contributed by atoms with E-state index < -0.39 is 71.8 Å². The van der Waals surface area contributed by atoms with Gasteiger partial charge in [0.25, 0.3) is 5.91 Å². The smallest absolute Gasteiger partial charge is 0.425 e. The average Bonchev–Trinajstić information content (AvgIpc) is 3.38. The van der Waals surface area contributed by atoms with Crippen LogP contribution >= 0.6 is 0 Å². The maximum absolute atomic E-state index is 13.5. The Hall–Kier alpha value is -3.77. The lowest BCUT2D eigenvalue weighted by Gasteiger charge is -2.31. The van der Waals surface area contributed by atoms with Crippen LogP contribution in [0.3, 0.4) is 0 Å². The van der Waals surface area contributed by atoms with E-state index >= 15 is 0 Å². The molecule has 3 amide bonds. The van der Waals surface area contributed by atoms with Crippen LogP contribution in [0, 0.1) is 17.8 Å². The number of halogens is 3. The van der Waals surface area contributed by atoms with Crippen molar-refractivity contribution in [3.05, 3.63) is 29.8 Å². The van der Waals surface area contributed by atoms with Crippen LogP contribution in [0.2, 0.25) is 0 Å². The van der Waals surface area contributed by atoms with E-state index in [1.54, 1.807) is 13.8 Å². The summed E-state index contributed by atoms with van der Waals surface area (Å²) < 4.78 is 44.2. The molecule has 0 radical (unpaired) electrons. The highest BCUT2D eigenvalue weighted by Crippen LogP contribution is 2.30. The van der Waals surface area contributed by atoms with Crippen LogP contribution in [0.5, 0.6) is 5.75 Å². The van der Waals surface area contributed by atoms with Gasteiger partial charge < -0.3 is 20.3 Å². The van der Waals surface area contributed by atoms with E-state index in [2.05, 4.69) is 10.6 Å². The summed E-state index contributed by atoms with van der Waals surface area (Å²) in [5.41, 5.74) is 0.156. The standard InChI is InChI=1S/C27H34F3N3O7/c1-15(2)19(24(37)27(28,29)30)12-21(35)20-6-5-11-33(20)26(39)23(16(3)4)32-25(38)17-7-9-18(10-8-17)40-22(36)13-31-14-34/h7-10,14-16,19-20,23H,5-6,11-13H2,1-4H3,(H,31,34)(H,32,38)/t19?,20-,23-/m0/s1. The third-order valence-electron chi connectivity index (χ3n) is 6.65. The summed E-state index contributed by atoms with van der Waals surface area (Å²) in [5.74, 6) is -6.99. The molecule has 1 heterocycles. The lowest BCUT2D eigenvalue weighted by Crippen LogP contribution is -2.54. The first-order chi connectivity index (χ1) is 18.7. The Morgan fingerprint density at radius 2 is 1.68 bits per heavy atom. The van der Waals surface area contributed by atoms with Crippen molar-refractivity contribution in [1.29, 1.82) is 0 Å². The minimum absolute atomic E-state index is 0.132. The fraction of sp³-hybridized carbons (Fsp3) is 0.556. The quantitative estimate of drug-likeness (QED) is 0.211. The molecule has 1 unspecified atom stereocenters. The van der Waals surface area contributed by atoms with Crippen LogP contribution < -0.4 is 15.4 Å². The molecule has 3 atom stereocenters. The molecule has 220 valence electrons. The molecule has 1 aliphatic rings. The summed E-state index contributed by atoms with van der Waals surface area (Å²) in [5, 5.41) is 4.82. The summed E-state index contributed by atoms with van der Waals surface area (Å²) in [6.45, 7) is 6.12. The summed E-state index contributed by atoms with van der Waals surface area (Å²) in [6.07, 6.45) is -4.66. The minimum atomic E-state index is -5.07. The molecule has 0 saturated carbocycles. The Bertz CT molecular complexity index is 1100. The lowest BCUT2D eigenvalue weighted by molar-refractivity contribution is -0.177. The number of hydrogen-bond donors (Lipinski definition) is 2. The zero-order valence-electron chi connectivity index (χ0n) is 22.7. The first kappa shape index (κ1) is 32.4. The molecule has 0 aliphatic carbocycles. The van der Waals surface area contributed by atoms with Gasteiger partial charge in [-0.1, -0.05) is 27.7 Å². The van der Waals surface area contributed by atoms with Crippen molar-refractivity contribution in [1.82, 2.24) is 15.5 Å². The van der Waals surface area contributed by atoms with Crippen molar-refractivity contribution in [2.45, 2.75) is 65.2 Å². The summed E-state index contributed by atoms with van der Waals surface area (Å²) >= 11 is 0. The Morgan fingerprint density at radius 1 is 1.05 bits per heavy atom. The number of ketones is 2. The maximum atomic E-state index is 13.5. The van der Waals surface area contributed by atoms with Gasteiger partial charge in [0.05, 0.1) is 6.04 Å². The molecule has 1 fully saturated rings. The van der Waals surface area contributed by atoms with Crippen molar-refractivity contribution in [3.8, 4) is 5.75 Å². The molecule has 1 aromatic rings. The second-order valence-corrected chi connectivity index (χ2v) is 10.3. The number of alkyl halides is 3. The van der Waals surface area contributed by atoms with Crippen molar-refractivity contribution in [3.63, 3.8) is 0 Å². The summed E-state index contributed by atoms with van der Waals surface area (Å²) in [4.78, 5) is 74.5. The molecule has 10 nitrogen and oxygen atoms in total. The monoisotopic (exact) mass is 569 g/mol. The number of ether oxygens (including phenoxy) is 1. The number of nitrogens with one attached hydrogen (secondary N) is 2. The Labute approximate surface area is 230 Å². The first-order valence-electron chi connectivity index (χ1n) is 12.9. The minimum Gasteiger partial charge on any atom is -0.425 e. The normalized spacial score (nSPS) is 16.8. The number of nitrogens with zero attached hydrogens (tertiary/aromatic N) is 1. The SMILES string of the molecule is CC(C)C(CC(=O)[C@@H]1CCCN1C(=O)[C@@H](NC(=O)c1ccc(OC(=O)CNC=O)cc1)C(C)C)C(=O)C(F)(F)F. The lowest BCUT2D eigenvalue weighted by atomic mass is 9.85. The number of carbonyl (C=O) groups is 6. The fourth-order valence-corrected chi connectivity index (χ4v) is 4.44. The number of Topliss-reactive ketones (excluding diaryl/α,β-unsaturated/α-hetero) is 2. The molecule has 0 spiro atoms. The first-order valence-corrected chi connectivity index (χ1v) is 12.9. The number of rotatable bonds is 13. The number of benzene rings is 1. The fourth-order valence-electron chi connectivity index (χ4n) is 4.44. The van der Waals surface area contributed by atoms with Gasteiger partial charge in [-0.05, 0) is 48.9 Å². The molecular weight excluding hydrogens is 535 g/mol. The number of amides is 3. The molecule has 1 aliphatic heterocycles. The highest BCUT2D eigenvalue weighted by molar-refractivity contribution is 5.99. The largest absolute Gasteiger partial charge is 0.450 e. The molecule has 2 rings (SSSR count). The van der Waals surface area contributed by atoms with Crippen LogP contribution in [0.1, 0.15) is 57.3 Å². The van der Waals surface area contributed by atoms with Gasteiger partial charge in [-0.25, -0.2) is 4.79 Å². The zero-order valence-corrected chi connectivity index (χ0v) is 22.7. The van der Waals surface area contributed by atoms with E-state index in [0.29, 0.717) is 12.8 Å². The van der Waals surface area contributed by atoms with Crippen molar-refractivity contribution in [2.24, 2.45) is 17.8 Å². The number of carbonyl (C=O) groups excluding carboxylic acids is 6. The number of likely N-dealkylation sites (tertiary alicyclic amines) is 1. The Kier molecular flexibility index (Phi) is 11.4. The zero-order chi connectivity index (χ0) is 30.2. The molecule has 40 heavy (non-hydrogen) atoms. The molecule has 1 saturated heterocycles. The van der Waals surface area contributed by atoms with Gasteiger partial charge in [0, 0.05) is 24.4 Å². The van der Waals surface area contributed by atoms with Crippen LogP contribution in [-0.2, 0) is 24.0 Å². The van der Waals surface area contributed by atoms with Crippen molar-refractivity contribution >= 4 is 35.8 Å². The van der Waals surface area contributed by atoms with E-state index in [1.807, 2.05) is 0 Å². The Morgan fingerprint density at radius 3 is 2.20 bits per heavy atom. The van der Waals surface area contributed by atoms with Gasteiger partial charge in [-0.2, -0.15) is 13.2 Å². The van der Waals surface area contributed by atoms with Crippen LogP contribution in [0.25, 0.3) is 0 Å². The van der Waals surface area contributed by atoms with Gasteiger partial charge in [0.1, 0.15) is 18.3 Å². The second kappa shape index (κ2) is 14.0. The highest BCUT2D eigenvalue weighted by Gasteiger charge is 2.46. The Balaban J connectivity index is 2.12. The average molecular weight is 570 g/mol. The number of esters is 1.